The number of carbonyl (C=O) groups excluding carboxylic acids is 2. The number of amides is 1. The normalized spacial score (nSPS) is 10.6. The lowest BCUT2D eigenvalue weighted by Gasteiger charge is -2.15. The van der Waals surface area contributed by atoms with Gasteiger partial charge in [-0.2, -0.15) is 0 Å². The zero-order chi connectivity index (χ0) is 16.7. The largest absolute Gasteiger partial charge is 0.469 e. The molecule has 1 N–H and O–H groups in total. The lowest BCUT2D eigenvalue weighted by molar-refractivity contribution is -0.139. The molecule has 0 saturated carbocycles. The summed E-state index contributed by atoms with van der Waals surface area (Å²) in [7, 11) is 3.22. The fourth-order valence-electron chi connectivity index (χ4n) is 2.02. The number of aromatic nitrogens is 1. The minimum Gasteiger partial charge on any atom is -0.469 e. The van der Waals surface area contributed by atoms with Gasteiger partial charge in [0, 0.05) is 11.9 Å². The molecule has 2 rings (SSSR count). The first-order valence-electron chi connectivity index (χ1n) is 7.10. The predicted octanol–water partition coefficient (Wildman–Crippen LogP) is 1.93. The van der Waals surface area contributed by atoms with Crippen LogP contribution in [0, 0.1) is 0 Å². The highest BCUT2D eigenvalue weighted by Gasteiger charge is 2.11. The minimum absolute atomic E-state index is 0.108. The average molecular weight is 333 g/mol. The first-order chi connectivity index (χ1) is 11.1. The molecule has 23 heavy (non-hydrogen) atoms. The molecule has 0 radical (unpaired) electrons. The van der Waals surface area contributed by atoms with E-state index in [9.17, 15) is 9.59 Å². The topological polar surface area (TPSA) is 71.5 Å². The van der Waals surface area contributed by atoms with Crippen molar-refractivity contribution in [1.82, 2.24) is 9.88 Å². The Morgan fingerprint density at radius 1 is 1.30 bits per heavy atom. The van der Waals surface area contributed by atoms with Crippen molar-refractivity contribution in [2.75, 3.05) is 26.0 Å². The Labute approximate surface area is 139 Å². The lowest BCUT2D eigenvalue weighted by Crippen LogP contribution is -2.29. The SMILES string of the molecule is COC(=O)Cc1csc(NC(=O)CN(C)Cc2ccccc2)n1. The van der Waals surface area contributed by atoms with Gasteiger partial charge in [0.05, 0.1) is 25.8 Å². The molecule has 122 valence electrons. The molecule has 1 heterocycles. The summed E-state index contributed by atoms with van der Waals surface area (Å²) in [6.45, 7) is 0.959. The Balaban J connectivity index is 1.81. The van der Waals surface area contributed by atoms with Crippen LogP contribution in [-0.2, 0) is 27.3 Å². The maximum absolute atomic E-state index is 12.0. The van der Waals surface area contributed by atoms with Crippen LogP contribution in [0.3, 0.4) is 0 Å². The van der Waals surface area contributed by atoms with Crippen molar-refractivity contribution in [2.45, 2.75) is 13.0 Å². The number of hydrogen-bond donors (Lipinski definition) is 1. The second-order valence-electron chi connectivity index (χ2n) is 5.10. The van der Waals surface area contributed by atoms with E-state index < -0.39 is 0 Å². The third kappa shape index (κ3) is 5.80. The van der Waals surface area contributed by atoms with Gasteiger partial charge < -0.3 is 10.1 Å². The molecule has 0 fully saturated rings. The third-order valence-corrected chi connectivity index (χ3v) is 3.87. The van der Waals surface area contributed by atoms with Crippen LogP contribution in [0.2, 0.25) is 0 Å². The summed E-state index contributed by atoms with van der Waals surface area (Å²) in [5.41, 5.74) is 1.74. The Hall–Kier alpha value is -2.25. The van der Waals surface area contributed by atoms with E-state index in [1.54, 1.807) is 5.38 Å². The number of benzene rings is 1. The van der Waals surface area contributed by atoms with E-state index in [1.165, 1.54) is 18.4 Å². The van der Waals surface area contributed by atoms with Gasteiger partial charge in [0.1, 0.15) is 0 Å². The van der Waals surface area contributed by atoms with E-state index in [0.29, 0.717) is 17.4 Å². The van der Waals surface area contributed by atoms with Gasteiger partial charge >= 0.3 is 5.97 Å². The van der Waals surface area contributed by atoms with Crippen LogP contribution in [-0.4, -0.2) is 42.5 Å². The summed E-state index contributed by atoms with van der Waals surface area (Å²) in [6, 6.07) is 9.95. The molecule has 0 unspecified atom stereocenters. The summed E-state index contributed by atoms with van der Waals surface area (Å²) in [5.74, 6) is -0.488. The fourth-order valence-corrected chi connectivity index (χ4v) is 2.75. The molecule has 0 aliphatic heterocycles. The van der Waals surface area contributed by atoms with Crippen LogP contribution in [0.5, 0.6) is 0 Å². The summed E-state index contributed by atoms with van der Waals surface area (Å²) in [5, 5.41) is 4.97. The number of methoxy groups -OCH3 is 1. The Kier molecular flexibility index (Phi) is 6.25. The van der Waals surface area contributed by atoms with E-state index in [-0.39, 0.29) is 24.8 Å². The molecule has 6 nitrogen and oxygen atoms in total. The van der Waals surface area contributed by atoms with Crippen molar-refractivity contribution in [2.24, 2.45) is 0 Å². The molecule has 1 aromatic heterocycles. The van der Waals surface area contributed by atoms with E-state index in [4.69, 9.17) is 0 Å². The number of thiazole rings is 1. The molecule has 0 atom stereocenters. The minimum atomic E-state index is -0.351. The maximum atomic E-state index is 12.0. The number of carbonyl (C=O) groups is 2. The van der Waals surface area contributed by atoms with Crippen molar-refractivity contribution in [1.29, 1.82) is 0 Å². The average Bonchev–Trinajstić information content (AvgIpc) is 2.94. The van der Waals surface area contributed by atoms with Crippen LogP contribution in [0.4, 0.5) is 5.13 Å². The van der Waals surface area contributed by atoms with E-state index in [1.807, 2.05) is 42.3 Å². The fraction of sp³-hybridized carbons (Fsp3) is 0.312. The van der Waals surface area contributed by atoms with E-state index >= 15 is 0 Å². The van der Waals surface area contributed by atoms with Gasteiger partial charge in [-0.1, -0.05) is 30.3 Å². The summed E-state index contributed by atoms with van der Waals surface area (Å²) in [6.07, 6.45) is 0.108. The summed E-state index contributed by atoms with van der Waals surface area (Å²) < 4.78 is 4.59. The molecule has 7 heteroatoms. The van der Waals surface area contributed by atoms with Crippen LogP contribution >= 0.6 is 11.3 Å². The Morgan fingerprint density at radius 3 is 2.74 bits per heavy atom. The quantitative estimate of drug-likeness (QED) is 0.784. The number of ether oxygens (including phenoxy) is 1. The Bertz CT molecular complexity index is 658. The molecule has 0 aliphatic rings. The third-order valence-electron chi connectivity index (χ3n) is 3.06. The number of hydrogen-bond acceptors (Lipinski definition) is 6. The van der Waals surface area contributed by atoms with Gasteiger partial charge in [-0.15, -0.1) is 11.3 Å². The lowest BCUT2D eigenvalue weighted by atomic mass is 10.2. The molecule has 0 aliphatic carbocycles. The number of likely N-dealkylation sites (N-methyl/N-ethyl adjacent to an activating group) is 1. The van der Waals surface area contributed by atoms with Gasteiger partial charge in [-0.05, 0) is 12.6 Å². The molecule has 0 saturated heterocycles. The van der Waals surface area contributed by atoms with Gasteiger partial charge in [-0.3, -0.25) is 14.5 Å². The van der Waals surface area contributed by atoms with Crippen LogP contribution < -0.4 is 5.32 Å². The molecule has 0 bridgehead atoms. The predicted molar refractivity (Wildman–Crippen MR) is 89.2 cm³/mol. The monoisotopic (exact) mass is 333 g/mol. The van der Waals surface area contributed by atoms with E-state index in [2.05, 4.69) is 15.0 Å². The molecule has 1 amide bonds. The number of anilines is 1. The molecular weight excluding hydrogens is 314 g/mol. The van der Waals surface area contributed by atoms with Crippen LogP contribution in [0.25, 0.3) is 0 Å². The van der Waals surface area contributed by atoms with Crippen molar-refractivity contribution in [3.8, 4) is 0 Å². The number of nitrogens with one attached hydrogen (secondary N) is 1. The highest BCUT2D eigenvalue weighted by molar-refractivity contribution is 7.13. The van der Waals surface area contributed by atoms with Crippen molar-refractivity contribution in [3.05, 3.63) is 47.0 Å². The zero-order valence-corrected chi connectivity index (χ0v) is 13.9. The van der Waals surface area contributed by atoms with Gasteiger partial charge in [0.2, 0.25) is 5.91 Å². The summed E-state index contributed by atoms with van der Waals surface area (Å²) >= 11 is 1.29. The second kappa shape index (κ2) is 8.40. The summed E-state index contributed by atoms with van der Waals surface area (Å²) in [4.78, 5) is 29.3. The standard InChI is InChI=1S/C16H19N3O3S/c1-19(9-12-6-4-3-5-7-12)10-14(20)18-16-17-13(11-23-16)8-15(21)22-2/h3-7,11H,8-10H2,1-2H3,(H,17,18,20). The molecule has 1 aromatic carbocycles. The highest BCUT2D eigenvalue weighted by Crippen LogP contribution is 2.16. The van der Waals surface area contributed by atoms with Gasteiger partial charge in [0.15, 0.2) is 5.13 Å². The molecule has 2 aromatic rings. The maximum Gasteiger partial charge on any atom is 0.311 e. The first kappa shape index (κ1) is 17.1. The first-order valence-corrected chi connectivity index (χ1v) is 7.98. The number of esters is 1. The van der Waals surface area contributed by atoms with Crippen molar-refractivity contribution in [3.63, 3.8) is 0 Å². The molecular formula is C16H19N3O3S. The van der Waals surface area contributed by atoms with E-state index in [0.717, 1.165) is 5.56 Å². The van der Waals surface area contributed by atoms with Gasteiger partial charge in [-0.25, -0.2) is 4.98 Å². The smallest absolute Gasteiger partial charge is 0.311 e. The van der Waals surface area contributed by atoms with Crippen LogP contribution in [0.15, 0.2) is 35.7 Å². The Morgan fingerprint density at radius 2 is 2.04 bits per heavy atom. The van der Waals surface area contributed by atoms with Crippen molar-refractivity contribution < 1.29 is 14.3 Å². The highest BCUT2D eigenvalue weighted by atomic mass is 32.1. The van der Waals surface area contributed by atoms with Gasteiger partial charge in [0.25, 0.3) is 0 Å². The second-order valence-corrected chi connectivity index (χ2v) is 5.96. The zero-order valence-electron chi connectivity index (χ0n) is 13.1. The van der Waals surface area contributed by atoms with Crippen LogP contribution in [0.1, 0.15) is 11.3 Å². The number of rotatable bonds is 7. The molecule has 0 spiro atoms. The number of nitrogens with zero attached hydrogens (tertiary/aromatic N) is 2. The van der Waals surface area contributed by atoms with Crippen molar-refractivity contribution >= 4 is 28.3 Å².